The second-order valence-corrected chi connectivity index (χ2v) is 6.62. The van der Waals surface area contributed by atoms with Gasteiger partial charge in [-0.05, 0) is 25.1 Å². The summed E-state index contributed by atoms with van der Waals surface area (Å²) in [5.74, 6) is 0.878. The highest BCUT2D eigenvalue weighted by atomic mass is 35.5. The van der Waals surface area contributed by atoms with Crippen LogP contribution in [0, 0.1) is 6.92 Å². The Kier molecular flexibility index (Phi) is 3.67. The Labute approximate surface area is 153 Å². The number of aromatic nitrogens is 4. The molecule has 0 spiro atoms. The van der Waals surface area contributed by atoms with Crippen LogP contribution in [0.15, 0.2) is 30.7 Å². The van der Waals surface area contributed by atoms with Gasteiger partial charge in [-0.1, -0.05) is 23.2 Å². The smallest absolute Gasteiger partial charge is 0.117 e. The lowest BCUT2D eigenvalue weighted by Crippen LogP contribution is -2.02. The molecule has 8 heteroatoms. The maximum Gasteiger partial charge on any atom is 0.117 e. The summed E-state index contributed by atoms with van der Waals surface area (Å²) in [6, 6.07) is 5.41. The van der Waals surface area contributed by atoms with Crippen LogP contribution < -0.4 is 11.1 Å². The highest BCUT2D eigenvalue weighted by molar-refractivity contribution is 6.39. The summed E-state index contributed by atoms with van der Waals surface area (Å²) in [4.78, 5) is 13.4. The fourth-order valence-corrected chi connectivity index (χ4v) is 3.21. The Morgan fingerprint density at radius 3 is 2.52 bits per heavy atom. The third-order valence-electron chi connectivity index (χ3n) is 4.13. The first kappa shape index (κ1) is 15.9. The summed E-state index contributed by atoms with van der Waals surface area (Å²) in [7, 11) is 1.95. The molecule has 0 bridgehead atoms. The molecule has 0 unspecified atom stereocenters. The van der Waals surface area contributed by atoms with Crippen molar-refractivity contribution in [1.82, 2.24) is 19.5 Å². The van der Waals surface area contributed by atoms with Gasteiger partial charge in [0.05, 0.1) is 32.5 Å². The van der Waals surface area contributed by atoms with Crippen molar-refractivity contribution in [2.75, 3.05) is 11.1 Å². The van der Waals surface area contributed by atoms with Crippen LogP contribution in [-0.2, 0) is 7.05 Å². The zero-order valence-corrected chi connectivity index (χ0v) is 15.0. The van der Waals surface area contributed by atoms with E-state index < -0.39 is 0 Å². The van der Waals surface area contributed by atoms with Crippen molar-refractivity contribution in [3.8, 4) is 0 Å². The Hall–Kier alpha value is -2.57. The Morgan fingerprint density at radius 2 is 1.80 bits per heavy atom. The molecule has 2 heterocycles. The Morgan fingerprint density at radius 1 is 1.08 bits per heavy atom. The monoisotopic (exact) mass is 372 g/mol. The maximum absolute atomic E-state index is 6.15. The van der Waals surface area contributed by atoms with E-state index in [1.807, 2.05) is 30.8 Å². The Bertz CT molecular complexity index is 1110. The lowest BCUT2D eigenvalue weighted by molar-refractivity contribution is 0.824. The van der Waals surface area contributed by atoms with Crippen molar-refractivity contribution >= 4 is 62.2 Å². The average Bonchev–Trinajstić information content (AvgIpc) is 3.02. The van der Waals surface area contributed by atoms with Crippen LogP contribution in [0.3, 0.4) is 0 Å². The summed E-state index contributed by atoms with van der Waals surface area (Å²) >= 11 is 12.3. The molecule has 0 saturated carbocycles. The number of halogens is 2. The van der Waals surface area contributed by atoms with E-state index in [1.165, 1.54) is 6.33 Å². The second-order valence-electron chi connectivity index (χ2n) is 5.81. The van der Waals surface area contributed by atoms with E-state index in [9.17, 15) is 0 Å². The number of benzene rings is 2. The number of imidazole rings is 1. The Balaban J connectivity index is 1.98. The molecule has 0 atom stereocenters. The highest BCUT2D eigenvalue weighted by Gasteiger charge is 2.14. The zero-order chi connectivity index (χ0) is 17.7. The summed E-state index contributed by atoms with van der Waals surface area (Å²) in [6.07, 6.45) is 3.55. The van der Waals surface area contributed by atoms with E-state index >= 15 is 0 Å². The maximum atomic E-state index is 6.15. The van der Waals surface area contributed by atoms with E-state index in [1.54, 1.807) is 12.1 Å². The third kappa shape index (κ3) is 2.63. The van der Waals surface area contributed by atoms with Crippen LogP contribution in [0.2, 0.25) is 10.0 Å². The van der Waals surface area contributed by atoms with Gasteiger partial charge >= 0.3 is 0 Å². The number of hydrogen-bond acceptors (Lipinski definition) is 5. The number of anilines is 3. The number of fused-ring (bicyclic) bond motifs is 2. The number of nitrogens with two attached hydrogens (primary N) is 1. The van der Waals surface area contributed by atoms with Crippen LogP contribution in [0.4, 0.5) is 17.1 Å². The molecule has 25 heavy (non-hydrogen) atoms. The molecule has 0 aliphatic rings. The molecule has 0 aliphatic heterocycles. The van der Waals surface area contributed by atoms with Gasteiger partial charge in [0, 0.05) is 24.3 Å². The summed E-state index contributed by atoms with van der Waals surface area (Å²) < 4.78 is 1.96. The molecule has 3 N–H and O–H groups in total. The van der Waals surface area contributed by atoms with Crippen molar-refractivity contribution in [2.45, 2.75) is 6.92 Å². The van der Waals surface area contributed by atoms with E-state index in [2.05, 4.69) is 15.3 Å². The molecule has 126 valence electrons. The molecule has 0 aliphatic carbocycles. The predicted octanol–water partition coefficient (Wildman–Crippen LogP) is 4.46. The van der Waals surface area contributed by atoms with Gasteiger partial charge < -0.3 is 15.6 Å². The summed E-state index contributed by atoms with van der Waals surface area (Å²) in [5, 5.41) is 5.06. The molecule has 6 nitrogen and oxygen atoms in total. The minimum atomic E-state index is 0.353. The van der Waals surface area contributed by atoms with Gasteiger partial charge in [0.25, 0.3) is 0 Å². The van der Waals surface area contributed by atoms with Gasteiger partial charge in [0.15, 0.2) is 0 Å². The fourth-order valence-electron chi connectivity index (χ4n) is 2.73. The highest BCUT2D eigenvalue weighted by Crippen LogP contribution is 2.36. The first-order valence-electron chi connectivity index (χ1n) is 7.53. The van der Waals surface area contributed by atoms with Crippen molar-refractivity contribution in [2.24, 2.45) is 7.05 Å². The van der Waals surface area contributed by atoms with E-state index in [0.717, 1.165) is 33.4 Å². The predicted molar refractivity (Wildman–Crippen MR) is 103 cm³/mol. The van der Waals surface area contributed by atoms with Gasteiger partial charge in [-0.2, -0.15) is 0 Å². The van der Waals surface area contributed by atoms with Crippen LogP contribution in [0.1, 0.15) is 5.82 Å². The van der Waals surface area contributed by atoms with E-state index in [0.29, 0.717) is 21.4 Å². The van der Waals surface area contributed by atoms with Gasteiger partial charge in [0.2, 0.25) is 0 Å². The van der Waals surface area contributed by atoms with Crippen LogP contribution in [0.5, 0.6) is 0 Å². The number of hydrogen-bond donors (Lipinski definition) is 2. The lowest BCUT2D eigenvalue weighted by atomic mass is 10.1. The fraction of sp³-hybridized carbons (Fsp3) is 0.118. The normalized spacial score (nSPS) is 11.4. The standard InChI is InChI=1S/C17H14Cl2N6/c1-8-23-15-9(6-25(8)2)3-13-16(22-7-21-13)17(15)24-10-4-11(18)14(20)12(19)5-10/h3-7,24H,20H2,1-2H3. The molecule has 4 rings (SSSR count). The molecule has 2 aromatic carbocycles. The topological polar surface area (TPSA) is 81.7 Å². The van der Waals surface area contributed by atoms with Crippen LogP contribution >= 0.6 is 23.2 Å². The first-order chi connectivity index (χ1) is 11.9. The van der Waals surface area contributed by atoms with E-state index in [4.69, 9.17) is 33.9 Å². The van der Waals surface area contributed by atoms with Gasteiger partial charge in [-0.15, -0.1) is 0 Å². The SMILES string of the molecule is Cc1nc2c(Nc3cc(Cl)c(N)c(Cl)c3)c3ncnc3cc2cn1C. The molecule has 0 fully saturated rings. The first-order valence-corrected chi connectivity index (χ1v) is 8.28. The van der Waals surface area contributed by atoms with Gasteiger partial charge in [-0.25, -0.2) is 15.0 Å². The molecular formula is C17H14Cl2N6. The van der Waals surface area contributed by atoms with Crippen molar-refractivity contribution in [3.05, 3.63) is 46.6 Å². The van der Waals surface area contributed by atoms with Crippen LogP contribution in [0.25, 0.3) is 21.9 Å². The minimum Gasteiger partial charge on any atom is -0.396 e. The average molecular weight is 373 g/mol. The van der Waals surface area contributed by atoms with E-state index in [-0.39, 0.29) is 0 Å². The molecule has 0 radical (unpaired) electrons. The van der Waals surface area contributed by atoms with Crippen LogP contribution in [-0.4, -0.2) is 19.5 Å². The molecule has 2 aromatic heterocycles. The largest absolute Gasteiger partial charge is 0.396 e. The van der Waals surface area contributed by atoms with Crippen molar-refractivity contribution in [1.29, 1.82) is 0 Å². The third-order valence-corrected chi connectivity index (χ3v) is 4.76. The second kappa shape index (κ2) is 5.75. The summed E-state index contributed by atoms with van der Waals surface area (Å²) in [5.41, 5.74) is 9.94. The van der Waals surface area contributed by atoms with Gasteiger partial charge in [0.1, 0.15) is 17.7 Å². The quantitative estimate of drug-likeness (QED) is 0.507. The van der Waals surface area contributed by atoms with Gasteiger partial charge in [-0.3, -0.25) is 0 Å². The molecule has 0 saturated heterocycles. The minimum absolute atomic E-state index is 0.353. The zero-order valence-electron chi connectivity index (χ0n) is 13.5. The lowest BCUT2D eigenvalue weighted by Gasteiger charge is -2.14. The van der Waals surface area contributed by atoms with Crippen molar-refractivity contribution < 1.29 is 0 Å². The number of rotatable bonds is 2. The number of nitrogens with zero attached hydrogens (tertiary/aromatic N) is 4. The molecule has 0 amide bonds. The number of aryl methyl sites for hydroxylation is 2. The van der Waals surface area contributed by atoms with Crippen molar-refractivity contribution in [3.63, 3.8) is 0 Å². The number of nitrogen functional groups attached to an aromatic ring is 1. The molecular weight excluding hydrogens is 359 g/mol. The summed E-state index contributed by atoms with van der Waals surface area (Å²) in [6.45, 7) is 1.95. The number of nitrogens with one attached hydrogen (secondary N) is 1. The molecule has 4 aromatic rings.